The molecule has 0 aromatic heterocycles. The van der Waals surface area contributed by atoms with Gasteiger partial charge in [0.25, 0.3) is 0 Å². The smallest absolute Gasteiger partial charge is 0.244 e. The van der Waals surface area contributed by atoms with Crippen molar-refractivity contribution >= 4 is 31.6 Å². The second-order valence-corrected chi connectivity index (χ2v) is 7.22. The highest BCUT2D eigenvalue weighted by Crippen LogP contribution is 2.32. The fourth-order valence-corrected chi connectivity index (χ4v) is 4.37. The zero-order valence-electron chi connectivity index (χ0n) is 9.22. The number of aliphatic hydroxyl groups is 1. The van der Waals surface area contributed by atoms with Crippen molar-refractivity contribution in [1.29, 1.82) is 0 Å². The summed E-state index contributed by atoms with van der Waals surface area (Å²) in [4.78, 5) is 0.132. The summed E-state index contributed by atoms with van der Waals surface area (Å²) in [6, 6.07) is 4.63. The van der Waals surface area contributed by atoms with Crippen LogP contribution in [0.2, 0.25) is 0 Å². The zero-order valence-corrected chi connectivity index (χ0v) is 11.6. The van der Waals surface area contributed by atoms with Gasteiger partial charge in [0.05, 0.1) is 10.5 Å². The molecule has 0 bridgehead atoms. The van der Waals surface area contributed by atoms with Crippen LogP contribution in [-0.4, -0.2) is 36.5 Å². The first kappa shape index (κ1) is 12.8. The van der Waals surface area contributed by atoms with Crippen molar-refractivity contribution in [2.24, 2.45) is 0 Å². The maximum absolute atomic E-state index is 12.2. The molecule has 1 saturated heterocycles. The van der Waals surface area contributed by atoms with Crippen molar-refractivity contribution in [1.82, 2.24) is 4.31 Å². The second-order valence-electron chi connectivity index (χ2n) is 4.46. The Morgan fingerprint density at radius 2 is 2.06 bits per heavy atom. The van der Waals surface area contributed by atoms with Crippen LogP contribution in [0.5, 0.6) is 0 Å². The van der Waals surface area contributed by atoms with Gasteiger partial charge in [0.2, 0.25) is 10.0 Å². The fourth-order valence-electron chi connectivity index (χ4n) is 1.74. The first-order valence-corrected chi connectivity index (χ1v) is 7.23. The molecule has 0 unspecified atom stereocenters. The van der Waals surface area contributed by atoms with Gasteiger partial charge in [-0.15, -0.1) is 0 Å². The number of rotatable bonds is 2. The van der Waals surface area contributed by atoms with Gasteiger partial charge < -0.3 is 10.8 Å². The maximum atomic E-state index is 12.2. The average Bonchev–Trinajstić information content (AvgIpc) is 2.18. The molecular formula is C10H13BrN2O3S. The van der Waals surface area contributed by atoms with E-state index in [0.717, 1.165) is 0 Å². The van der Waals surface area contributed by atoms with E-state index in [-0.39, 0.29) is 18.0 Å². The minimum atomic E-state index is -3.58. The van der Waals surface area contributed by atoms with Crippen LogP contribution in [0.15, 0.2) is 27.6 Å². The van der Waals surface area contributed by atoms with E-state index in [1.165, 1.54) is 10.4 Å². The Bertz CT molecular complexity index is 549. The van der Waals surface area contributed by atoms with E-state index >= 15 is 0 Å². The fraction of sp³-hybridized carbons (Fsp3) is 0.400. The van der Waals surface area contributed by atoms with Gasteiger partial charge in [-0.05, 0) is 41.1 Å². The number of nitrogen functional groups attached to an aromatic ring is 1. The summed E-state index contributed by atoms with van der Waals surface area (Å²) in [7, 11) is -3.58. The molecule has 94 valence electrons. The lowest BCUT2D eigenvalue weighted by Crippen LogP contribution is -2.61. The van der Waals surface area contributed by atoms with Crippen LogP contribution in [0.3, 0.4) is 0 Å². The Morgan fingerprint density at radius 1 is 1.47 bits per heavy atom. The molecule has 0 saturated carbocycles. The number of halogens is 1. The molecule has 1 aromatic rings. The molecule has 0 amide bonds. The number of nitrogens with two attached hydrogens (primary N) is 1. The van der Waals surface area contributed by atoms with E-state index in [9.17, 15) is 13.5 Å². The van der Waals surface area contributed by atoms with Crippen molar-refractivity contribution in [3.05, 3.63) is 22.7 Å². The molecule has 1 aliphatic rings. The predicted octanol–water partition coefficient (Wildman–Crippen LogP) is 0.787. The molecule has 1 heterocycles. The van der Waals surface area contributed by atoms with Crippen LogP contribution >= 0.6 is 15.9 Å². The molecule has 1 aromatic carbocycles. The van der Waals surface area contributed by atoms with Crippen LogP contribution in [0.4, 0.5) is 5.69 Å². The van der Waals surface area contributed by atoms with Crippen LogP contribution in [-0.2, 0) is 10.0 Å². The van der Waals surface area contributed by atoms with Crippen LogP contribution < -0.4 is 5.73 Å². The van der Waals surface area contributed by atoms with Crippen molar-refractivity contribution in [3.8, 4) is 0 Å². The Labute approximate surface area is 108 Å². The van der Waals surface area contributed by atoms with E-state index in [1.54, 1.807) is 19.1 Å². The molecule has 0 atom stereocenters. The molecule has 1 aliphatic heterocycles. The standard InChI is InChI=1S/C10H13BrN2O3S/c1-10(14)5-13(6-10)17(15,16)9-4-7(12)2-3-8(9)11/h2-4,14H,5-6,12H2,1H3. The number of benzene rings is 1. The zero-order chi connectivity index (χ0) is 12.8. The number of sulfonamides is 1. The number of nitrogens with zero attached hydrogens (tertiary/aromatic N) is 1. The van der Waals surface area contributed by atoms with E-state index in [2.05, 4.69) is 15.9 Å². The Hall–Kier alpha value is -0.630. The van der Waals surface area contributed by atoms with Gasteiger partial charge in [0, 0.05) is 23.2 Å². The summed E-state index contributed by atoms with van der Waals surface area (Å²) in [6.45, 7) is 1.82. The van der Waals surface area contributed by atoms with E-state index < -0.39 is 15.6 Å². The van der Waals surface area contributed by atoms with Gasteiger partial charge in [-0.1, -0.05) is 0 Å². The highest BCUT2D eigenvalue weighted by atomic mass is 79.9. The minimum Gasteiger partial charge on any atom is -0.399 e. The van der Waals surface area contributed by atoms with Crippen molar-refractivity contribution in [3.63, 3.8) is 0 Å². The number of anilines is 1. The Morgan fingerprint density at radius 3 is 2.59 bits per heavy atom. The van der Waals surface area contributed by atoms with Gasteiger partial charge in [-0.3, -0.25) is 0 Å². The van der Waals surface area contributed by atoms with Gasteiger partial charge in [-0.25, -0.2) is 8.42 Å². The summed E-state index contributed by atoms with van der Waals surface area (Å²) in [5, 5.41) is 9.58. The topological polar surface area (TPSA) is 83.6 Å². The summed E-state index contributed by atoms with van der Waals surface area (Å²) in [6.07, 6.45) is 0. The molecule has 1 fully saturated rings. The van der Waals surface area contributed by atoms with Crippen molar-refractivity contribution < 1.29 is 13.5 Å². The number of hydrogen-bond donors (Lipinski definition) is 2. The highest BCUT2D eigenvalue weighted by Gasteiger charge is 2.44. The quantitative estimate of drug-likeness (QED) is 0.789. The summed E-state index contributed by atoms with van der Waals surface area (Å²) in [5.74, 6) is 0. The molecule has 0 radical (unpaired) electrons. The maximum Gasteiger partial charge on any atom is 0.244 e. The van der Waals surface area contributed by atoms with Gasteiger partial charge >= 0.3 is 0 Å². The normalized spacial score (nSPS) is 19.9. The number of hydrogen-bond acceptors (Lipinski definition) is 4. The summed E-state index contributed by atoms with van der Waals surface area (Å²) in [5.41, 5.74) is 5.04. The first-order valence-electron chi connectivity index (χ1n) is 5.00. The molecule has 17 heavy (non-hydrogen) atoms. The molecule has 0 aliphatic carbocycles. The van der Waals surface area contributed by atoms with E-state index in [1.807, 2.05) is 0 Å². The van der Waals surface area contributed by atoms with Crippen LogP contribution in [0, 0.1) is 0 Å². The highest BCUT2D eigenvalue weighted by molar-refractivity contribution is 9.10. The van der Waals surface area contributed by atoms with Crippen LogP contribution in [0.1, 0.15) is 6.92 Å². The molecule has 2 rings (SSSR count). The van der Waals surface area contributed by atoms with Gasteiger partial charge in [-0.2, -0.15) is 4.31 Å². The lowest BCUT2D eigenvalue weighted by molar-refractivity contribution is -0.0426. The van der Waals surface area contributed by atoms with E-state index in [4.69, 9.17) is 5.73 Å². The third-order valence-corrected chi connectivity index (χ3v) is 5.39. The summed E-state index contributed by atoms with van der Waals surface area (Å²) < 4.78 is 26.1. The molecule has 3 N–H and O–H groups in total. The van der Waals surface area contributed by atoms with Crippen molar-refractivity contribution in [2.45, 2.75) is 17.4 Å². The molecule has 7 heteroatoms. The molecular weight excluding hydrogens is 308 g/mol. The average molecular weight is 321 g/mol. The lowest BCUT2D eigenvalue weighted by atomic mass is 10.0. The van der Waals surface area contributed by atoms with Crippen molar-refractivity contribution in [2.75, 3.05) is 18.8 Å². The Kier molecular flexibility index (Phi) is 2.97. The Balaban J connectivity index is 2.36. The van der Waals surface area contributed by atoms with Gasteiger partial charge in [0.1, 0.15) is 0 Å². The lowest BCUT2D eigenvalue weighted by Gasteiger charge is -2.42. The predicted molar refractivity (Wildman–Crippen MR) is 67.9 cm³/mol. The largest absolute Gasteiger partial charge is 0.399 e. The monoisotopic (exact) mass is 320 g/mol. The summed E-state index contributed by atoms with van der Waals surface area (Å²) >= 11 is 3.19. The third-order valence-electron chi connectivity index (χ3n) is 2.61. The van der Waals surface area contributed by atoms with Crippen LogP contribution in [0.25, 0.3) is 0 Å². The van der Waals surface area contributed by atoms with Gasteiger partial charge in [0.15, 0.2) is 0 Å². The molecule has 5 nitrogen and oxygen atoms in total. The minimum absolute atomic E-state index is 0.108. The second kappa shape index (κ2) is 3.94. The molecule has 0 spiro atoms. The SMILES string of the molecule is CC1(O)CN(S(=O)(=O)c2cc(N)ccc2Br)C1. The number of β-amino-alcohol motifs (C(OH)–C–C–N with tert-alkyl or cyclic N) is 1. The first-order chi connectivity index (χ1) is 7.72. The van der Waals surface area contributed by atoms with E-state index in [0.29, 0.717) is 10.2 Å². The third kappa shape index (κ3) is 2.33.